The quantitative estimate of drug-likeness (QED) is 0.752. The van der Waals surface area contributed by atoms with Crippen molar-refractivity contribution in [3.05, 3.63) is 35.6 Å². The van der Waals surface area contributed by atoms with E-state index in [1.807, 2.05) is 13.8 Å². The van der Waals surface area contributed by atoms with Gasteiger partial charge in [0.25, 0.3) is 5.91 Å². The minimum absolute atomic E-state index is 0.0945. The van der Waals surface area contributed by atoms with Crippen molar-refractivity contribution in [2.45, 2.75) is 39.7 Å². The van der Waals surface area contributed by atoms with Crippen LogP contribution < -0.4 is 0 Å². The van der Waals surface area contributed by atoms with Gasteiger partial charge >= 0.3 is 5.97 Å². The minimum Gasteiger partial charge on any atom is -0.481 e. The number of carboxylic acids is 1. The lowest BCUT2D eigenvalue weighted by molar-refractivity contribution is -0.138. The van der Waals surface area contributed by atoms with E-state index in [2.05, 4.69) is 5.10 Å². The number of aliphatic carboxylic acids is 1. The fourth-order valence-electron chi connectivity index (χ4n) is 2.77. The summed E-state index contributed by atoms with van der Waals surface area (Å²) in [5, 5.41) is 14.3. The summed E-state index contributed by atoms with van der Waals surface area (Å²) in [6.07, 6.45) is 0.226. The molecule has 1 aliphatic rings. The zero-order valence-corrected chi connectivity index (χ0v) is 15.5. The molecule has 0 aliphatic carbocycles. The molecule has 0 aromatic heterocycles. The molecule has 2 rings (SSSR count). The second kappa shape index (κ2) is 9.25. The van der Waals surface area contributed by atoms with E-state index in [9.17, 15) is 18.8 Å². The van der Waals surface area contributed by atoms with Crippen LogP contribution in [-0.2, 0) is 20.9 Å². The van der Waals surface area contributed by atoms with Gasteiger partial charge in [0.15, 0.2) is 0 Å². The van der Waals surface area contributed by atoms with Crippen LogP contribution in [0.3, 0.4) is 0 Å². The smallest absolute Gasteiger partial charge is 0.305 e. The number of nitrogens with zero attached hydrogens (tertiary/aromatic N) is 3. The number of benzene rings is 1. The van der Waals surface area contributed by atoms with Gasteiger partial charge in [-0.25, -0.2) is 9.40 Å². The zero-order valence-electron chi connectivity index (χ0n) is 15.5. The highest BCUT2D eigenvalue weighted by Crippen LogP contribution is 2.16. The first-order valence-corrected chi connectivity index (χ1v) is 8.89. The number of rotatable bonds is 8. The van der Waals surface area contributed by atoms with Crippen molar-refractivity contribution >= 4 is 23.5 Å². The fourth-order valence-corrected chi connectivity index (χ4v) is 2.77. The molecule has 0 saturated heterocycles. The van der Waals surface area contributed by atoms with Crippen molar-refractivity contribution in [1.82, 2.24) is 9.91 Å². The van der Waals surface area contributed by atoms with Crippen LogP contribution in [0.15, 0.2) is 29.4 Å². The molecule has 0 atom stereocenters. The summed E-state index contributed by atoms with van der Waals surface area (Å²) in [5.41, 5.74) is 0.940. The Morgan fingerprint density at radius 2 is 1.93 bits per heavy atom. The van der Waals surface area contributed by atoms with Crippen molar-refractivity contribution in [3.8, 4) is 0 Å². The molecule has 0 radical (unpaired) electrons. The largest absolute Gasteiger partial charge is 0.481 e. The average molecular weight is 377 g/mol. The van der Waals surface area contributed by atoms with Gasteiger partial charge in [0.2, 0.25) is 5.91 Å². The highest BCUT2D eigenvalue weighted by Gasteiger charge is 2.28. The van der Waals surface area contributed by atoms with E-state index in [1.165, 1.54) is 22.0 Å². The predicted octanol–water partition coefficient (Wildman–Crippen LogP) is 2.26. The predicted molar refractivity (Wildman–Crippen MR) is 97.3 cm³/mol. The first-order valence-electron chi connectivity index (χ1n) is 8.89. The van der Waals surface area contributed by atoms with Crippen molar-refractivity contribution in [3.63, 3.8) is 0 Å². The molecule has 1 aromatic rings. The molecule has 1 N–H and O–H groups in total. The van der Waals surface area contributed by atoms with Gasteiger partial charge in [-0.3, -0.25) is 14.4 Å². The van der Waals surface area contributed by atoms with Gasteiger partial charge in [-0.1, -0.05) is 26.0 Å². The first-order chi connectivity index (χ1) is 12.8. The highest BCUT2D eigenvalue weighted by atomic mass is 19.1. The van der Waals surface area contributed by atoms with E-state index in [1.54, 1.807) is 12.1 Å². The van der Waals surface area contributed by atoms with Crippen molar-refractivity contribution in [2.24, 2.45) is 11.0 Å². The molecular weight excluding hydrogens is 353 g/mol. The SMILES string of the molecule is CC(C)CN(CCC(=O)O)C(=O)C1=NN(Cc2ccc(F)cc2)C(=O)CC1. The third-order valence-corrected chi connectivity index (χ3v) is 4.07. The van der Waals surface area contributed by atoms with Gasteiger partial charge in [-0.05, 0) is 23.6 Å². The molecule has 0 unspecified atom stereocenters. The number of carbonyl (C=O) groups is 3. The number of hydrogen-bond acceptors (Lipinski definition) is 4. The summed E-state index contributed by atoms with van der Waals surface area (Å²) in [6, 6.07) is 5.73. The van der Waals surface area contributed by atoms with Crippen LogP contribution in [0.4, 0.5) is 4.39 Å². The van der Waals surface area contributed by atoms with Crippen LogP contribution in [0, 0.1) is 11.7 Å². The minimum atomic E-state index is -0.977. The first kappa shape index (κ1) is 20.5. The molecule has 1 aromatic carbocycles. The number of hydrogen-bond donors (Lipinski definition) is 1. The number of carboxylic acid groups (broad SMARTS) is 1. The normalized spacial score (nSPS) is 14.3. The van der Waals surface area contributed by atoms with E-state index in [0.29, 0.717) is 12.1 Å². The Morgan fingerprint density at radius 1 is 1.26 bits per heavy atom. The molecular formula is C19H24FN3O4. The van der Waals surface area contributed by atoms with Crippen molar-refractivity contribution in [2.75, 3.05) is 13.1 Å². The van der Waals surface area contributed by atoms with Gasteiger partial charge in [0, 0.05) is 25.9 Å². The van der Waals surface area contributed by atoms with E-state index >= 15 is 0 Å². The van der Waals surface area contributed by atoms with Gasteiger partial charge < -0.3 is 10.0 Å². The number of hydrazone groups is 1. The summed E-state index contributed by atoms with van der Waals surface area (Å²) in [6.45, 7) is 4.53. The Bertz CT molecular complexity index is 731. The Hall–Kier alpha value is -2.77. The summed E-state index contributed by atoms with van der Waals surface area (Å²) in [4.78, 5) is 37.3. The number of amides is 2. The highest BCUT2D eigenvalue weighted by molar-refractivity contribution is 6.39. The average Bonchev–Trinajstić information content (AvgIpc) is 2.61. The molecule has 8 heteroatoms. The van der Waals surface area contributed by atoms with Gasteiger partial charge in [0.1, 0.15) is 11.5 Å². The maximum atomic E-state index is 13.0. The molecule has 27 heavy (non-hydrogen) atoms. The molecule has 1 aliphatic heterocycles. The van der Waals surface area contributed by atoms with Crippen LogP contribution in [0.2, 0.25) is 0 Å². The Balaban J connectivity index is 2.15. The van der Waals surface area contributed by atoms with Gasteiger partial charge in [-0.2, -0.15) is 5.10 Å². The maximum absolute atomic E-state index is 13.0. The fraction of sp³-hybridized carbons (Fsp3) is 0.474. The van der Waals surface area contributed by atoms with Crippen LogP contribution in [0.5, 0.6) is 0 Å². The van der Waals surface area contributed by atoms with Crippen molar-refractivity contribution in [1.29, 1.82) is 0 Å². The number of carbonyl (C=O) groups excluding carboxylic acids is 2. The third-order valence-electron chi connectivity index (χ3n) is 4.07. The lowest BCUT2D eigenvalue weighted by atomic mass is 10.1. The molecule has 0 saturated carbocycles. The summed E-state index contributed by atoms with van der Waals surface area (Å²) in [5.74, 6) is -1.73. The summed E-state index contributed by atoms with van der Waals surface area (Å²) in [7, 11) is 0. The lowest BCUT2D eigenvalue weighted by Crippen LogP contribution is -2.43. The topological polar surface area (TPSA) is 90.3 Å². The molecule has 146 valence electrons. The van der Waals surface area contributed by atoms with Crippen LogP contribution in [-0.4, -0.2) is 51.6 Å². The van der Waals surface area contributed by atoms with E-state index < -0.39 is 5.97 Å². The van der Waals surface area contributed by atoms with Crippen LogP contribution >= 0.6 is 0 Å². The lowest BCUT2D eigenvalue weighted by Gasteiger charge is -2.28. The number of halogens is 1. The maximum Gasteiger partial charge on any atom is 0.305 e. The standard InChI is InChI=1S/C19H24FN3O4/c1-13(2)11-22(10-9-18(25)26)19(27)16-7-8-17(24)23(21-16)12-14-3-5-15(20)6-4-14/h3-6,13H,7-12H2,1-2H3,(H,25,26). The summed E-state index contributed by atoms with van der Waals surface area (Å²) >= 11 is 0. The Labute approximate surface area is 157 Å². The molecule has 1 heterocycles. The Kier molecular flexibility index (Phi) is 7.04. The molecule has 0 fully saturated rings. The van der Waals surface area contributed by atoms with Crippen LogP contribution in [0.1, 0.15) is 38.7 Å². The molecule has 0 spiro atoms. The zero-order chi connectivity index (χ0) is 20.0. The monoisotopic (exact) mass is 377 g/mol. The third kappa shape index (κ3) is 6.16. The van der Waals surface area contributed by atoms with Crippen molar-refractivity contribution < 1.29 is 23.9 Å². The van der Waals surface area contributed by atoms with E-state index in [0.717, 1.165) is 0 Å². The van der Waals surface area contributed by atoms with E-state index in [4.69, 9.17) is 5.11 Å². The second-order valence-corrected chi connectivity index (χ2v) is 6.91. The second-order valence-electron chi connectivity index (χ2n) is 6.91. The van der Waals surface area contributed by atoms with E-state index in [-0.39, 0.29) is 61.6 Å². The molecule has 2 amide bonds. The van der Waals surface area contributed by atoms with Gasteiger partial charge in [-0.15, -0.1) is 0 Å². The van der Waals surface area contributed by atoms with Gasteiger partial charge in [0.05, 0.1) is 13.0 Å². The van der Waals surface area contributed by atoms with Crippen LogP contribution in [0.25, 0.3) is 0 Å². The molecule has 7 nitrogen and oxygen atoms in total. The Morgan fingerprint density at radius 3 is 2.52 bits per heavy atom. The summed E-state index contributed by atoms with van der Waals surface area (Å²) < 4.78 is 13.0. The molecule has 0 bridgehead atoms.